The predicted molar refractivity (Wildman–Crippen MR) is 144 cm³/mol. The maximum atomic E-state index is 11.7. The molecule has 0 aromatic rings. The van der Waals surface area contributed by atoms with E-state index >= 15 is 0 Å². The van der Waals surface area contributed by atoms with Gasteiger partial charge in [0.05, 0.1) is 13.2 Å². The number of carbonyl (C=O) groups is 2. The van der Waals surface area contributed by atoms with Gasteiger partial charge in [0, 0.05) is 12.8 Å². The number of unbranched alkanes of at least 4 members (excludes halogenated alkanes) is 12. The molecule has 0 saturated carbocycles. The molecule has 0 unspecified atom stereocenters. The zero-order valence-corrected chi connectivity index (χ0v) is 23.5. The van der Waals surface area contributed by atoms with Crippen LogP contribution in [0.1, 0.15) is 144 Å². The van der Waals surface area contributed by atoms with Crippen molar-refractivity contribution in [2.75, 3.05) is 13.2 Å². The van der Waals surface area contributed by atoms with E-state index in [0.29, 0.717) is 26.1 Å². The Morgan fingerprint density at radius 1 is 0.500 bits per heavy atom. The lowest BCUT2D eigenvalue weighted by atomic mass is 9.99. The lowest BCUT2D eigenvalue weighted by Crippen LogP contribution is -2.18. The molecular formula is C30H56O4. The van der Waals surface area contributed by atoms with Crippen LogP contribution in [0.4, 0.5) is 0 Å². The Morgan fingerprint density at radius 2 is 0.853 bits per heavy atom. The predicted octanol–water partition coefficient (Wildman–Crippen LogP) is 8.96. The van der Waals surface area contributed by atoms with Crippen molar-refractivity contribution >= 4 is 11.9 Å². The van der Waals surface area contributed by atoms with Crippen LogP contribution in [0, 0.1) is 10.8 Å². The molecule has 0 atom stereocenters. The molecule has 0 saturated heterocycles. The molecule has 34 heavy (non-hydrogen) atoms. The summed E-state index contributed by atoms with van der Waals surface area (Å²) in [5.41, 5.74) is 0.0925. The number of esters is 2. The highest BCUT2D eigenvalue weighted by Crippen LogP contribution is 2.16. The largest absolute Gasteiger partial charge is 0.465 e. The fourth-order valence-electron chi connectivity index (χ4n) is 3.47. The van der Waals surface area contributed by atoms with Crippen molar-refractivity contribution in [3.63, 3.8) is 0 Å². The third kappa shape index (κ3) is 26.9. The van der Waals surface area contributed by atoms with Gasteiger partial charge in [0.25, 0.3) is 0 Å². The minimum absolute atomic E-state index is 0.0386. The van der Waals surface area contributed by atoms with E-state index < -0.39 is 0 Å². The highest BCUT2D eigenvalue weighted by atomic mass is 16.5. The smallest absolute Gasteiger partial charge is 0.306 e. The SMILES string of the molecule is CC(C)(C)COC(=O)CC/C=C/CCCCCCCCCCCCCCC(=O)OCC(C)(C)C. The van der Waals surface area contributed by atoms with Crippen LogP contribution >= 0.6 is 0 Å². The van der Waals surface area contributed by atoms with Crippen LogP contribution in [0.25, 0.3) is 0 Å². The number of hydrogen-bond acceptors (Lipinski definition) is 4. The highest BCUT2D eigenvalue weighted by molar-refractivity contribution is 5.69. The number of allylic oxidation sites excluding steroid dienone is 2. The van der Waals surface area contributed by atoms with Gasteiger partial charge in [-0.25, -0.2) is 0 Å². The Labute approximate surface area is 211 Å². The summed E-state index contributed by atoms with van der Waals surface area (Å²) in [5.74, 6) is -0.132. The van der Waals surface area contributed by atoms with E-state index in [2.05, 4.69) is 53.7 Å². The number of rotatable bonds is 20. The second kappa shape index (κ2) is 19.9. The average Bonchev–Trinajstić information content (AvgIpc) is 2.74. The summed E-state index contributed by atoms with van der Waals surface area (Å²) in [6.45, 7) is 13.5. The molecule has 0 aliphatic carbocycles. The Balaban J connectivity index is 3.30. The molecule has 0 bridgehead atoms. The molecule has 0 spiro atoms. The molecule has 0 radical (unpaired) electrons. The monoisotopic (exact) mass is 480 g/mol. The molecule has 0 amide bonds. The maximum absolute atomic E-state index is 11.7. The molecule has 0 aliphatic rings. The van der Waals surface area contributed by atoms with E-state index in [4.69, 9.17) is 9.47 Å². The van der Waals surface area contributed by atoms with Gasteiger partial charge in [-0.15, -0.1) is 0 Å². The number of carbonyl (C=O) groups excluding carboxylic acids is 2. The van der Waals surface area contributed by atoms with E-state index in [1.165, 1.54) is 64.2 Å². The lowest BCUT2D eigenvalue weighted by Gasteiger charge is -2.17. The van der Waals surface area contributed by atoms with Crippen molar-refractivity contribution in [1.82, 2.24) is 0 Å². The Bertz CT molecular complexity index is 537. The van der Waals surface area contributed by atoms with Crippen LogP contribution in [0.3, 0.4) is 0 Å². The van der Waals surface area contributed by atoms with Gasteiger partial charge in [0.1, 0.15) is 0 Å². The van der Waals surface area contributed by atoms with Gasteiger partial charge in [-0.3, -0.25) is 9.59 Å². The second-order valence-electron chi connectivity index (χ2n) is 12.2. The minimum Gasteiger partial charge on any atom is -0.465 e. The van der Waals surface area contributed by atoms with Crippen molar-refractivity contribution in [3.05, 3.63) is 12.2 Å². The van der Waals surface area contributed by atoms with Crippen LogP contribution in [0.5, 0.6) is 0 Å². The van der Waals surface area contributed by atoms with Crippen molar-refractivity contribution in [2.45, 2.75) is 144 Å². The summed E-state index contributed by atoms with van der Waals surface area (Å²) in [7, 11) is 0. The molecule has 4 heteroatoms. The van der Waals surface area contributed by atoms with Crippen molar-refractivity contribution in [3.8, 4) is 0 Å². The third-order valence-corrected chi connectivity index (χ3v) is 5.52. The first-order valence-electron chi connectivity index (χ1n) is 14.0. The summed E-state index contributed by atoms with van der Waals surface area (Å²) in [6, 6.07) is 0. The van der Waals surface area contributed by atoms with Crippen molar-refractivity contribution in [2.24, 2.45) is 10.8 Å². The fraction of sp³-hybridized carbons (Fsp3) is 0.867. The Hall–Kier alpha value is -1.32. The molecule has 0 aliphatic heterocycles. The second-order valence-corrected chi connectivity index (χ2v) is 12.2. The normalized spacial score (nSPS) is 12.3. The topological polar surface area (TPSA) is 52.6 Å². The van der Waals surface area contributed by atoms with E-state index in [1.807, 2.05) is 0 Å². The number of hydrogen-bond donors (Lipinski definition) is 0. The molecule has 0 fully saturated rings. The molecule has 0 rings (SSSR count). The van der Waals surface area contributed by atoms with Gasteiger partial charge in [0.2, 0.25) is 0 Å². The van der Waals surface area contributed by atoms with E-state index in [1.54, 1.807) is 0 Å². The van der Waals surface area contributed by atoms with Crippen molar-refractivity contribution < 1.29 is 19.1 Å². The van der Waals surface area contributed by atoms with Gasteiger partial charge in [-0.05, 0) is 36.5 Å². The molecular weight excluding hydrogens is 424 g/mol. The minimum atomic E-state index is -0.0896. The molecule has 0 aromatic heterocycles. The highest BCUT2D eigenvalue weighted by Gasteiger charge is 2.14. The molecule has 0 N–H and O–H groups in total. The van der Waals surface area contributed by atoms with Crippen LogP contribution in [-0.4, -0.2) is 25.2 Å². The van der Waals surface area contributed by atoms with Crippen molar-refractivity contribution in [1.29, 1.82) is 0 Å². The lowest BCUT2D eigenvalue weighted by molar-refractivity contribution is -0.147. The van der Waals surface area contributed by atoms with Gasteiger partial charge < -0.3 is 9.47 Å². The van der Waals surface area contributed by atoms with Crippen LogP contribution in [-0.2, 0) is 19.1 Å². The van der Waals surface area contributed by atoms with Gasteiger partial charge >= 0.3 is 11.9 Å². The van der Waals surface area contributed by atoms with E-state index in [9.17, 15) is 9.59 Å². The summed E-state index contributed by atoms with van der Waals surface area (Å²) in [5, 5.41) is 0. The summed E-state index contributed by atoms with van der Waals surface area (Å²) in [6.07, 6.45) is 22.5. The third-order valence-electron chi connectivity index (χ3n) is 5.52. The molecule has 200 valence electrons. The fourth-order valence-corrected chi connectivity index (χ4v) is 3.47. The zero-order chi connectivity index (χ0) is 25.7. The summed E-state index contributed by atoms with van der Waals surface area (Å²) < 4.78 is 10.6. The Morgan fingerprint density at radius 3 is 1.29 bits per heavy atom. The summed E-state index contributed by atoms with van der Waals surface area (Å²) >= 11 is 0. The first-order valence-corrected chi connectivity index (χ1v) is 14.0. The van der Waals surface area contributed by atoms with Gasteiger partial charge in [0.15, 0.2) is 0 Å². The van der Waals surface area contributed by atoms with Crippen LogP contribution in [0.15, 0.2) is 12.2 Å². The van der Waals surface area contributed by atoms with E-state index in [0.717, 1.165) is 25.7 Å². The van der Waals surface area contributed by atoms with Gasteiger partial charge in [-0.2, -0.15) is 0 Å². The number of ether oxygens (including phenoxy) is 2. The maximum Gasteiger partial charge on any atom is 0.306 e. The summed E-state index contributed by atoms with van der Waals surface area (Å²) in [4.78, 5) is 23.3. The molecule has 0 heterocycles. The van der Waals surface area contributed by atoms with Gasteiger partial charge in [-0.1, -0.05) is 118 Å². The van der Waals surface area contributed by atoms with Crippen LogP contribution < -0.4 is 0 Å². The quantitative estimate of drug-likeness (QED) is 0.0991. The zero-order valence-electron chi connectivity index (χ0n) is 23.5. The first kappa shape index (κ1) is 32.7. The molecule has 4 nitrogen and oxygen atoms in total. The standard InChI is InChI=1S/C30H56O4/c1-29(2,3)25-33-27(31)23-21-19-17-15-13-11-9-7-8-10-12-14-16-18-20-22-24-28(32)34-26-30(4,5)6/h17,19H,7-16,18,20-26H2,1-6H3/b19-17+. The van der Waals surface area contributed by atoms with Crippen LogP contribution in [0.2, 0.25) is 0 Å². The average molecular weight is 481 g/mol. The van der Waals surface area contributed by atoms with E-state index in [-0.39, 0.29) is 22.8 Å². The first-order chi connectivity index (χ1) is 16.0. The molecule has 0 aromatic carbocycles. The Kier molecular flexibility index (Phi) is 19.2.